The van der Waals surface area contributed by atoms with Crippen LogP contribution in [0.3, 0.4) is 0 Å². The van der Waals surface area contributed by atoms with Gasteiger partial charge in [-0.25, -0.2) is 0 Å². The van der Waals surface area contributed by atoms with Crippen molar-refractivity contribution in [2.75, 3.05) is 59.5 Å². The van der Waals surface area contributed by atoms with Crippen LogP contribution in [0.15, 0.2) is 0 Å². The molecule has 0 saturated carbocycles. The molecule has 72 heavy (non-hydrogen) atoms. The van der Waals surface area contributed by atoms with Gasteiger partial charge in [-0.15, -0.1) is 0 Å². The molecule has 6 fully saturated rings. The van der Waals surface area contributed by atoms with Crippen molar-refractivity contribution in [1.29, 1.82) is 0 Å². The zero-order valence-electron chi connectivity index (χ0n) is 37.2. The first-order valence-electron chi connectivity index (χ1n) is 21.1. The van der Waals surface area contributed by atoms with Gasteiger partial charge in [-0.1, -0.05) is 0 Å². The SMILES string of the molecule is OC[C@H]1O[C@@](CO)(O[C@H]2O[C@H](CO)[C@@H](O)[C@H](O)[C@H]2O)[C@@H](O)[C@@H]1O.OC[C@H]1O[C@@](CO)(O[C@H]2O[C@H](CO)[C@@H](O)[C@H](O)[C@H]2O)[C@@H](O)[C@@H]1O.OC[C@H]1O[C@@](CO)(O[C@H]2O[C@H](CO)[C@@H](O)[C@H](O)[C@H]2O)[C@@H](O)[C@@H]1O.[Ar].[Ar].[Ar]. The van der Waals surface area contributed by atoms with Crippen LogP contribution >= 0.6 is 0 Å². The van der Waals surface area contributed by atoms with Gasteiger partial charge in [-0.05, 0) is 0 Å². The van der Waals surface area contributed by atoms with Gasteiger partial charge >= 0.3 is 0 Å². The number of rotatable bonds is 15. The van der Waals surface area contributed by atoms with Gasteiger partial charge in [-0.2, -0.15) is 0 Å². The van der Waals surface area contributed by atoms with Crippen LogP contribution in [0.1, 0.15) is 0 Å². The van der Waals surface area contributed by atoms with Crippen molar-refractivity contribution in [3.63, 3.8) is 0 Å². The molecule has 27 atom stereocenters. The fourth-order valence-corrected chi connectivity index (χ4v) is 7.89. The molecule has 0 unspecified atom stereocenters. The molecule has 24 N–H and O–H groups in total. The average molecular weight is 1150 g/mol. The van der Waals surface area contributed by atoms with Crippen LogP contribution in [0.5, 0.6) is 0 Å². The maximum atomic E-state index is 10.00. The number of hydrogen-bond donors (Lipinski definition) is 24. The van der Waals surface area contributed by atoms with Gasteiger partial charge in [0, 0.05) is 113 Å². The molecule has 0 aromatic carbocycles. The van der Waals surface area contributed by atoms with Crippen LogP contribution in [0.25, 0.3) is 0 Å². The maximum absolute atomic E-state index is 10.00. The van der Waals surface area contributed by atoms with Crippen LogP contribution in [0.4, 0.5) is 0 Å². The second-order valence-corrected chi connectivity index (χ2v) is 16.7. The summed E-state index contributed by atoms with van der Waals surface area (Å²) < 4.78 is 46.3. The van der Waals surface area contributed by atoms with E-state index in [1.54, 1.807) is 0 Å². The van der Waals surface area contributed by atoms with Crippen LogP contribution in [0, 0.1) is 113 Å². The molecule has 432 valence electrons. The third-order valence-corrected chi connectivity index (χ3v) is 12.2. The van der Waals surface area contributed by atoms with Crippen molar-refractivity contribution in [3.05, 3.63) is 0 Å². The molecule has 0 aromatic rings. The largest absolute Gasteiger partial charge is 0.394 e. The minimum atomic E-state index is -2.22. The predicted molar refractivity (Wildman–Crippen MR) is 206 cm³/mol. The third-order valence-electron chi connectivity index (χ3n) is 12.2. The Morgan fingerprint density at radius 2 is 0.458 bits per heavy atom. The smallest absolute Gasteiger partial charge is 0.224 e. The maximum Gasteiger partial charge on any atom is 0.224 e. The van der Waals surface area contributed by atoms with E-state index in [1.807, 2.05) is 0 Å². The molecule has 0 aromatic heterocycles. The van der Waals surface area contributed by atoms with E-state index < -0.39 is 224 Å². The van der Waals surface area contributed by atoms with Crippen LogP contribution in [-0.4, -0.2) is 346 Å². The Bertz CT molecular complexity index is 1370. The average Bonchev–Trinajstić information content (AvgIpc) is 3.86. The van der Waals surface area contributed by atoms with Crippen molar-refractivity contribution in [1.82, 2.24) is 0 Å². The van der Waals surface area contributed by atoms with E-state index >= 15 is 0 Å². The van der Waals surface area contributed by atoms with Gasteiger partial charge in [-0.3, -0.25) is 0 Å². The summed E-state index contributed by atoms with van der Waals surface area (Å²) in [5.74, 6) is -6.67. The van der Waals surface area contributed by atoms with Gasteiger partial charge < -0.3 is 165 Å². The van der Waals surface area contributed by atoms with Crippen LogP contribution < -0.4 is 0 Å². The molecule has 0 spiro atoms. The Balaban J connectivity index is 0.000000529. The molecule has 6 aliphatic rings. The second-order valence-electron chi connectivity index (χ2n) is 16.7. The van der Waals surface area contributed by atoms with Crippen LogP contribution in [0.2, 0.25) is 0 Å². The van der Waals surface area contributed by atoms with Crippen molar-refractivity contribution in [3.8, 4) is 0 Å². The van der Waals surface area contributed by atoms with E-state index in [-0.39, 0.29) is 113 Å². The minimum Gasteiger partial charge on any atom is -0.394 e. The number of hydrogen-bond acceptors (Lipinski definition) is 33. The summed E-state index contributed by atoms with van der Waals surface area (Å²) in [7, 11) is 0. The van der Waals surface area contributed by atoms with Crippen LogP contribution in [-0.2, 0) is 42.6 Å². The normalized spacial score (nSPS) is 49.0. The summed E-state index contributed by atoms with van der Waals surface area (Å²) >= 11 is 0. The Labute approximate surface area is 497 Å². The fourth-order valence-electron chi connectivity index (χ4n) is 7.89. The van der Waals surface area contributed by atoms with Gasteiger partial charge in [0.15, 0.2) is 18.9 Å². The summed E-state index contributed by atoms with van der Waals surface area (Å²) in [6, 6.07) is 0. The molecule has 6 aliphatic heterocycles. The molecule has 6 heterocycles. The summed E-state index contributed by atoms with van der Waals surface area (Å²) in [6.07, 6.45) is -38.0. The number of aliphatic hydroxyl groups excluding tert-OH is 24. The molecular formula is C36H66Ar3O33. The monoisotopic (exact) mass is 1150 g/mol. The zero-order chi connectivity index (χ0) is 52.1. The summed E-state index contributed by atoms with van der Waals surface area (Å²) in [6.45, 7) is -6.97. The zero-order valence-corrected chi connectivity index (χ0v) is 39.3. The third kappa shape index (κ3) is 15.3. The van der Waals surface area contributed by atoms with Crippen molar-refractivity contribution in [2.24, 2.45) is 0 Å². The molecular weight excluding hydrogens is 1080 g/mol. The standard InChI is InChI=1S/3C12H22O11.3Ar/c3*13-1-4-6(16)8(18)9(19)11(21-4)23-12(3-15)10(20)7(17)5(2-14)22-12;;;/h3*4-11,13-20H,1-3H2;;;/t3*4-,5-,6-,7-,8+,9-,10+,11-,12+;;;/m111.../s1. The second kappa shape index (κ2) is 31.6. The molecule has 33 nitrogen and oxygen atoms in total. The minimum absolute atomic E-state index is 0. The Kier molecular flexibility index (Phi) is 31.8. The number of ether oxygens (including phenoxy) is 9. The van der Waals surface area contributed by atoms with E-state index in [0.717, 1.165) is 0 Å². The van der Waals surface area contributed by atoms with Crippen molar-refractivity contribution in [2.45, 2.75) is 164 Å². The topological polar surface area (TPSA) is 569 Å². The first kappa shape index (κ1) is 72.5. The van der Waals surface area contributed by atoms with Gasteiger partial charge in [0.05, 0.1) is 39.6 Å². The Hall–Kier alpha value is 2.46. The summed E-state index contributed by atoms with van der Waals surface area (Å²) in [4.78, 5) is 0. The number of aliphatic hydroxyl groups is 24. The fraction of sp³-hybridized carbons (Fsp3) is 1.00. The van der Waals surface area contributed by atoms with Gasteiger partial charge in [0.25, 0.3) is 0 Å². The molecule has 0 bridgehead atoms. The Morgan fingerprint density at radius 1 is 0.264 bits per heavy atom. The van der Waals surface area contributed by atoms with E-state index in [2.05, 4.69) is 0 Å². The van der Waals surface area contributed by atoms with E-state index in [0.29, 0.717) is 0 Å². The predicted octanol–water partition coefficient (Wildman–Crippen LogP) is -16.2. The first-order valence-corrected chi connectivity index (χ1v) is 21.1. The first-order chi connectivity index (χ1) is 32.4. The molecule has 6 saturated heterocycles. The molecule has 0 amide bonds. The van der Waals surface area contributed by atoms with E-state index in [4.69, 9.17) is 73.3 Å². The molecule has 0 radical (unpaired) electrons. The van der Waals surface area contributed by atoms with Gasteiger partial charge in [0.2, 0.25) is 17.4 Å². The van der Waals surface area contributed by atoms with Gasteiger partial charge in [0.1, 0.15) is 148 Å². The Morgan fingerprint density at radius 3 is 0.611 bits per heavy atom. The summed E-state index contributed by atoms with van der Waals surface area (Å²) in [5, 5.41) is 230. The van der Waals surface area contributed by atoms with E-state index in [9.17, 15) is 91.9 Å². The van der Waals surface area contributed by atoms with E-state index in [1.165, 1.54) is 0 Å². The van der Waals surface area contributed by atoms with Crippen molar-refractivity contribution >= 4 is 0 Å². The molecule has 6 rings (SSSR count). The summed E-state index contributed by atoms with van der Waals surface area (Å²) in [5.41, 5.74) is 0. The molecule has 0 aliphatic carbocycles. The quantitative estimate of drug-likeness (QED) is 0.0724. The molecule has 36 heteroatoms. The van der Waals surface area contributed by atoms with Crippen molar-refractivity contribution < 1.29 is 278 Å².